The average Bonchev–Trinajstić information content (AvgIpc) is 3.04. The Bertz CT molecular complexity index is 674. The number of fused-ring (bicyclic) bond motifs is 2. The number of ether oxygens (including phenoxy) is 1. The van der Waals surface area contributed by atoms with Gasteiger partial charge in [0, 0.05) is 24.2 Å². The molecule has 0 bridgehead atoms. The minimum atomic E-state index is -0.284. The molecule has 0 aromatic heterocycles. The van der Waals surface area contributed by atoms with Gasteiger partial charge in [0.25, 0.3) is 0 Å². The van der Waals surface area contributed by atoms with Crippen molar-refractivity contribution in [3.05, 3.63) is 59.7 Å². The van der Waals surface area contributed by atoms with Crippen molar-refractivity contribution in [2.45, 2.75) is 18.6 Å². The van der Waals surface area contributed by atoms with Crippen LogP contribution in [0.2, 0.25) is 0 Å². The monoisotopic (exact) mass is 280 g/mol. The van der Waals surface area contributed by atoms with Gasteiger partial charge in [0.05, 0.1) is 0 Å². The summed E-state index contributed by atoms with van der Waals surface area (Å²) in [5, 5.41) is 6.23. The number of carbonyl (C=O) groups is 1. The van der Waals surface area contributed by atoms with Gasteiger partial charge in [0.1, 0.15) is 17.9 Å². The molecule has 0 saturated carbocycles. The average molecular weight is 280 g/mol. The van der Waals surface area contributed by atoms with E-state index in [1.807, 2.05) is 42.5 Å². The third-order valence-electron chi connectivity index (χ3n) is 4.06. The normalized spacial score (nSPS) is 22.4. The zero-order valence-electron chi connectivity index (χ0n) is 11.5. The first-order chi connectivity index (χ1) is 10.3. The number of carbonyl (C=O) groups excluding carboxylic acids is 1. The lowest BCUT2D eigenvalue weighted by molar-refractivity contribution is -0.117. The largest absolute Gasteiger partial charge is 0.488 e. The Kier molecular flexibility index (Phi) is 2.89. The first-order valence-corrected chi connectivity index (χ1v) is 7.19. The molecule has 4 heteroatoms. The minimum absolute atomic E-state index is 0.00621. The predicted molar refractivity (Wildman–Crippen MR) is 80.4 cm³/mol. The quantitative estimate of drug-likeness (QED) is 0.907. The van der Waals surface area contributed by atoms with E-state index >= 15 is 0 Å². The fourth-order valence-corrected chi connectivity index (χ4v) is 3.03. The summed E-state index contributed by atoms with van der Waals surface area (Å²) in [5.74, 6) is 0.965. The number of para-hydroxylation sites is 2. The highest BCUT2D eigenvalue weighted by Crippen LogP contribution is 2.31. The Morgan fingerprint density at radius 1 is 1.14 bits per heavy atom. The fraction of sp³-hybridized carbons (Fsp3) is 0.235. The van der Waals surface area contributed by atoms with Crippen molar-refractivity contribution in [2.24, 2.45) is 0 Å². The molecule has 2 aliphatic heterocycles. The number of amides is 1. The zero-order chi connectivity index (χ0) is 14.2. The maximum absolute atomic E-state index is 12.0. The molecule has 0 spiro atoms. The zero-order valence-corrected chi connectivity index (χ0v) is 11.5. The molecule has 2 atom stereocenters. The van der Waals surface area contributed by atoms with E-state index in [-0.39, 0.29) is 18.1 Å². The second-order valence-electron chi connectivity index (χ2n) is 5.47. The van der Waals surface area contributed by atoms with Crippen molar-refractivity contribution in [1.29, 1.82) is 0 Å². The third-order valence-corrected chi connectivity index (χ3v) is 4.06. The van der Waals surface area contributed by atoms with Crippen LogP contribution in [0.4, 0.5) is 5.69 Å². The van der Waals surface area contributed by atoms with Crippen LogP contribution in [-0.4, -0.2) is 18.6 Å². The number of benzene rings is 2. The molecule has 1 amide bonds. The standard InChI is InChI=1S/C17H16N2O2/c20-17-16(13-6-2-3-7-14(13)19-17)18-10-12-9-11-5-1-4-8-15(11)21-12/h1-8,12,16,18H,9-10H2,(H,19,20). The van der Waals surface area contributed by atoms with E-state index in [0.29, 0.717) is 6.54 Å². The molecule has 2 N–H and O–H groups in total. The molecule has 4 rings (SSSR count). The number of rotatable bonds is 3. The summed E-state index contributed by atoms with van der Waals surface area (Å²) >= 11 is 0. The minimum Gasteiger partial charge on any atom is -0.488 e. The topological polar surface area (TPSA) is 50.4 Å². The number of hydrogen-bond donors (Lipinski definition) is 2. The highest BCUT2D eigenvalue weighted by atomic mass is 16.5. The Labute approximate surface area is 123 Å². The summed E-state index contributed by atoms with van der Waals surface area (Å²) in [6, 6.07) is 15.6. The van der Waals surface area contributed by atoms with Crippen LogP contribution in [0.15, 0.2) is 48.5 Å². The number of hydrogen-bond acceptors (Lipinski definition) is 3. The van der Waals surface area contributed by atoms with Crippen LogP contribution in [0.1, 0.15) is 17.2 Å². The van der Waals surface area contributed by atoms with Crippen molar-refractivity contribution in [1.82, 2.24) is 5.32 Å². The molecular weight excluding hydrogens is 264 g/mol. The van der Waals surface area contributed by atoms with Gasteiger partial charge in [-0.1, -0.05) is 36.4 Å². The number of anilines is 1. The van der Waals surface area contributed by atoms with E-state index in [0.717, 1.165) is 23.4 Å². The van der Waals surface area contributed by atoms with Gasteiger partial charge in [0.2, 0.25) is 5.91 Å². The molecule has 0 radical (unpaired) electrons. The second-order valence-corrected chi connectivity index (χ2v) is 5.47. The van der Waals surface area contributed by atoms with Gasteiger partial charge in [-0.3, -0.25) is 10.1 Å². The van der Waals surface area contributed by atoms with E-state index in [2.05, 4.69) is 16.7 Å². The fourth-order valence-electron chi connectivity index (χ4n) is 3.03. The lowest BCUT2D eigenvalue weighted by Crippen LogP contribution is -2.35. The van der Waals surface area contributed by atoms with Crippen LogP contribution in [0.5, 0.6) is 5.75 Å². The summed E-state index contributed by atoms with van der Waals surface area (Å²) < 4.78 is 5.90. The van der Waals surface area contributed by atoms with Gasteiger partial charge in [-0.15, -0.1) is 0 Å². The lowest BCUT2D eigenvalue weighted by atomic mass is 10.1. The van der Waals surface area contributed by atoms with Crippen LogP contribution in [0, 0.1) is 0 Å². The SMILES string of the molecule is O=C1Nc2ccccc2C1NCC1Cc2ccccc2O1. The van der Waals surface area contributed by atoms with Crippen LogP contribution >= 0.6 is 0 Å². The van der Waals surface area contributed by atoms with E-state index in [1.165, 1.54) is 5.56 Å². The van der Waals surface area contributed by atoms with Gasteiger partial charge in [-0.25, -0.2) is 0 Å². The molecule has 0 fully saturated rings. The van der Waals surface area contributed by atoms with Gasteiger partial charge in [0.15, 0.2) is 0 Å². The Morgan fingerprint density at radius 3 is 2.86 bits per heavy atom. The van der Waals surface area contributed by atoms with Crippen LogP contribution < -0.4 is 15.4 Å². The van der Waals surface area contributed by atoms with Crippen molar-refractivity contribution in [3.8, 4) is 5.75 Å². The van der Waals surface area contributed by atoms with Crippen LogP contribution in [0.3, 0.4) is 0 Å². The Hall–Kier alpha value is -2.33. The van der Waals surface area contributed by atoms with Gasteiger partial charge in [-0.2, -0.15) is 0 Å². The van der Waals surface area contributed by atoms with Crippen LogP contribution in [0.25, 0.3) is 0 Å². The Morgan fingerprint density at radius 2 is 1.95 bits per heavy atom. The molecule has 2 heterocycles. The van der Waals surface area contributed by atoms with Crippen molar-refractivity contribution >= 4 is 11.6 Å². The molecule has 2 aliphatic rings. The van der Waals surface area contributed by atoms with Gasteiger partial charge in [-0.05, 0) is 17.7 Å². The number of nitrogens with one attached hydrogen (secondary N) is 2. The van der Waals surface area contributed by atoms with E-state index < -0.39 is 0 Å². The third kappa shape index (κ3) is 2.17. The highest BCUT2D eigenvalue weighted by molar-refractivity contribution is 6.02. The molecule has 2 unspecified atom stereocenters. The first-order valence-electron chi connectivity index (χ1n) is 7.19. The summed E-state index contributed by atoms with van der Waals surface area (Å²) in [4.78, 5) is 12.0. The summed E-state index contributed by atoms with van der Waals surface area (Å²) in [6.07, 6.45) is 0.974. The Balaban J connectivity index is 1.44. The molecule has 0 aliphatic carbocycles. The highest BCUT2D eigenvalue weighted by Gasteiger charge is 2.31. The van der Waals surface area contributed by atoms with Gasteiger partial charge >= 0.3 is 0 Å². The van der Waals surface area contributed by atoms with Crippen molar-refractivity contribution in [2.75, 3.05) is 11.9 Å². The lowest BCUT2D eigenvalue weighted by Gasteiger charge is -2.15. The predicted octanol–water partition coefficient (Wildman–Crippen LogP) is 2.27. The smallest absolute Gasteiger partial charge is 0.246 e. The summed E-state index contributed by atoms with van der Waals surface area (Å²) in [5.41, 5.74) is 3.15. The molecule has 0 saturated heterocycles. The molecule has 2 aromatic carbocycles. The maximum atomic E-state index is 12.0. The summed E-state index contributed by atoms with van der Waals surface area (Å²) in [6.45, 7) is 0.654. The maximum Gasteiger partial charge on any atom is 0.246 e. The van der Waals surface area contributed by atoms with Crippen molar-refractivity contribution < 1.29 is 9.53 Å². The second kappa shape index (κ2) is 4.90. The molecule has 21 heavy (non-hydrogen) atoms. The van der Waals surface area contributed by atoms with E-state index in [4.69, 9.17) is 4.74 Å². The van der Waals surface area contributed by atoms with E-state index in [1.54, 1.807) is 0 Å². The first kappa shape index (κ1) is 12.4. The molecular formula is C17H16N2O2. The van der Waals surface area contributed by atoms with Gasteiger partial charge < -0.3 is 10.1 Å². The molecule has 106 valence electrons. The molecule has 4 nitrogen and oxygen atoms in total. The van der Waals surface area contributed by atoms with Crippen LogP contribution in [-0.2, 0) is 11.2 Å². The molecule has 2 aromatic rings. The summed E-state index contributed by atoms with van der Waals surface area (Å²) in [7, 11) is 0. The van der Waals surface area contributed by atoms with Crippen molar-refractivity contribution in [3.63, 3.8) is 0 Å². The van der Waals surface area contributed by atoms with E-state index in [9.17, 15) is 4.79 Å².